The minimum atomic E-state index is -0.251. The van der Waals surface area contributed by atoms with Crippen LogP contribution in [0.2, 0.25) is 0 Å². The molecule has 1 nitrogen and oxygen atoms in total. The third-order valence-corrected chi connectivity index (χ3v) is 4.83. The van der Waals surface area contributed by atoms with E-state index in [4.69, 9.17) is 4.74 Å². The molecule has 2 aromatic rings. The maximum absolute atomic E-state index is 13.3. The van der Waals surface area contributed by atoms with Gasteiger partial charge < -0.3 is 4.74 Å². The van der Waals surface area contributed by atoms with Gasteiger partial charge in [-0.15, -0.1) is 11.3 Å². The third kappa shape index (κ3) is 2.69. The first-order valence-electron chi connectivity index (χ1n) is 5.15. The molecule has 0 amide bonds. The van der Waals surface area contributed by atoms with Crippen LogP contribution in [0.3, 0.4) is 0 Å². The first kappa shape index (κ1) is 12.6. The summed E-state index contributed by atoms with van der Waals surface area (Å²) in [5.41, 5.74) is 0.814. The summed E-state index contributed by atoms with van der Waals surface area (Å²) in [5.74, 6) is 0.442. The van der Waals surface area contributed by atoms with E-state index in [0.29, 0.717) is 5.75 Å². The van der Waals surface area contributed by atoms with E-state index in [1.807, 2.05) is 6.07 Å². The Balaban J connectivity index is 2.42. The van der Waals surface area contributed by atoms with Crippen LogP contribution in [-0.2, 0) is 0 Å². The first-order valence-corrected chi connectivity index (χ1v) is 6.89. The Morgan fingerprint density at radius 2 is 2.06 bits per heavy atom. The van der Waals surface area contributed by atoms with Gasteiger partial charge in [-0.25, -0.2) is 4.39 Å². The standard InChI is InChI=1S/C13H12BrFOS/c1-8-3-6-12(17-8)13(14)10-7-9(15)4-5-11(10)16-2/h3-7,13H,1-2H3. The molecule has 0 saturated carbocycles. The highest BCUT2D eigenvalue weighted by Gasteiger charge is 2.17. The number of aryl methyl sites for hydroxylation is 1. The Labute approximate surface area is 112 Å². The zero-order valence-electron chi connectivity index (χ0n) is 9.54. The summed E-state index contributed by atoms with van der Waals surface area (Å²) in [6, 6.07) is 8.66. The van der Waals surface area contributed by atoms with E-state index in [9.17, 15) is 4.39 Å². The van der Waals surface area contributed by atoms with Gasteiger partial charge in [0.05, 0.1) is 11.9 Å². The van der Waals surface area contributed by atoms with Crippen molar-refractivity contribution >= 4 is 27.3 Å². The smallest absolute Gasteiger partial charge is 0.123 e. The average Bonchev–Trinajstić information content (AvgIpc) is 2.75. The van der Waals surface area contributed by atoms with Crippen molar-refractivity contribution in [2.45, 2.75) is 11.8 Å². The Hall–Kier alpha value is -0.870. The number of ether oxygens (including phenoxy) is 1. The van der Waals surface area contributed by atoms with Crippen molar-refractivity contribution in [1.29, 1.82) is 0 Å². The van der Waals surface area contributed by atoms with Crippen molar-refractivity contribution in [3.05, 3.63) is 51.5 Å². The fraction of sp³-hybridized carbons (Fsp3) is 0.231. The molecule has 0 bridgehead atoms. The van der Waals surface area contributed by atoms with Crippen molar-refractivity contribution in [2.24, 2.45) is 0 Å². The number of alkyl halides is 1. The molecule has 1 aromatic carbocycles. The maximum Gasteiger partial charge on any atom is 0.123 e. The molecule has 0 fully saturated rings. The Bertz CT molecular complexity index is 524. The molecule has 0 aliphatic carbocycles. The molecule has 0 radical (unpaired) electrons. The van der Waals surface area contributed by atoms with Gasteiger partial charge >= 0.3 is 0 Å². The van der Waals surface area contributed by atoms with Gasteiger partial charge in [-0.05, 0) is 37.3 Å². The van der Waals surface area contributed by atoms with Crippen LogP contribution >= 0.6 is 27.3 Å². The summed E-state index contributed by atoms with van der Waals surface area (Å²) in [6.45, 7) is 2.05. The van der Waals surface area contributed by atoms with Crippen LogP contribution in [0.1, 0.15) is 20.1 Å². The molecular weight excluding hydrogens is 303 g/mol. The first-order chi connectivity index (χ1) is 8.11. The SMILES string of the molecule is COc1ccc(F)cc1C(Br)c1ccc(C)s1. The maximum atomic E-state index is 13.3. The molecule has 17 heavy (non-hydrogen) atoms. The largest absolute Gasteiger partial charge is 0.496 e. The van der Waals surface area contributed by atoms with E-state index in [0.717, 1.165) is 10.4 Å². The lowest BCUT2D eigenvalue weighted by Gasteiger charge is -2.13. The normalized spacial score (nSPS) is 12.5. The van der Waals surface area contributed by atoms with Crippen LogP contribution in [0.5, 0.6) is 5.75 Å². The Morgan fingerprint density at radius 1 is 1.29 bits per heavy atom. The van der Waals surface area contributed by atoms with Gasteiger partial charge in [0, 0.05) is 15.3 Å². The molecule has 4 heteroatoms. The molecule has 0 aliphatic rings. The van der Waals surface area contributed by atoms with Crippen LogP contribution in [0, 0.1) is 12.7 Å². The lowest BCUT2D eigenvalue weighted by atomic mass is 10.1. The highest BCUT2D eigenvalue weighted by molar-refractivity contribution is 9.09. The van der Waals surface area contributed by atoms with Gasteiger partial charge in [-0.3, -0.25) is 0 Å². The number of rotatable bonds is 3. The van der Waals surface area contributed by atoms with Crippen molar-refractivity contribution in [1.82, 2.24) is 0 Å². The number of benzene rings is 1. The van der Waals surface area contributed by atoms with E-state index in [1.54, 1.807) is 24.5 Å². The van der Waals surface area contributed by atoms with Crippen LogP contribution in [0.4, 0.5) is 4.39 Å². The van der Waals surface area contributed by atoms with Gasteiger partial charge in [-0.1, -0.05) is 15.9 Å². The molecule has 2 rings (SSSR count). The van der Waals surface area contributed by atoms with Crippen LogP contribution in [0.25, 0.3) is 0 Å². The second-order valence-electron chi connectivity index (χ2n) is 3.70. The van der Waals surface area contributed by atoms with E-state index < -0.39 is 0 Å². The molecule has 0 N–H and O–H groups in total. The number of hydrogen-bond acceptors (Lipinski definition) is 2. The molecule has 1 aromatic heterocycles. The predicted molar refractivity (Wildman–Crippen MR) is 72.8 cm³/mol. The molecular formula is C13H12BrFOS. The van der Waals surface area contributed by atoms with E-state index in [-0.39, 0.29) is 10.6 Å². The summed E-state index contributed by atoms with van der Waals surface area (Å²) >= 11 is 5.29. The third-order valence-electron chi connectivity index (χ3n) is 2.48. The zero-order valence-corrected chi connectivity index (χ0v) is 11.9. The van der Waals surface area contributed by atoms with Gasteiger partial charge in [0.25, 0.3) is 0 Å². The number of methoxy groups -OCH3 is 1. The van der Waals surface area contributed by atoms with Gasteiger partial charge in [-0.2, -0.15) is 0 Å². The van der Waals surface area contributed by atoms with E-state index in [2.05, 4.69) is 28.9 Å². The van der Waals surface area contributed by atoms with Crippen LogP contribution < -0.4 is 4.74 Å². The topological polar surface area (TPSA) is 9.23 Å². The van der Waals surface area contributed by atoms with Crippen LogP contribution in [0.15, 0.2) is 30.3 Å². The summed E-state index contributed by atoms with van der Waals surface area (Å²) in [5, 5.41) is 0. The number of halogens is 2. The minimum Gasteiger partial charge on any atom is -0.496 e. The predicted octanol–water partition coefficient (Wildman–Crippen LogP) is 4.69. The van der Waals surface area contributed by atoms with Crippen molar-refractivity contribution in [3.63, 3.8) is 0 Å². The van der Waals surface area contributed by atoms with Crippen molar-refractivity contribution < 1.29 is 9.13 Å². The lowest BCUT2D eigenvalue weighted by Crippen LogP contribution is -1.96. The van der Waals surface area contributed by atoms with Crippen LogP contribution in [-0.4, -0.2) is 7.11 Å². The minimum absolute atomic E-state index is 0.0353. The highest BCUT2D eigenvalue weighted by Crippen LogP contribution is 2.39. The molecule has 0 spiro atoms. The number of thiophene rings is 1. The van der Waals surface area contributed by atoms with Crippen molar-refractivity contribution in [3.8, 4) is 5.75 Å². The van der Waals surface area contributed by atoms with Gasteiger partial charge in [0.1, 0.15) is 11.6 Å². The second kappa shape index (κ2) is 5.19. The van der Waals surface area contributed by atoms with Gasteiger partial charge in [0.15, 0.2) is 0 Å². The van der Waals surface area contributed by atoms with Gasteiger partial charge in [0.2, 0.25) is 0 Å². The number of hydrogen-bond donors (Lipinski definition) is 0. The van der Waals surface area contributed by atoms with E-state index >= 15 is 0 Å². The molecule has 0 aliphatic heterocycles. The van der Waals surface area contributed by atoms with E-state index in [1.165, 1.54) is 17.0 Å². The highest BCUT2D eigenvalue weighted by atomic mass is 79.9. The monoisotopic (exact) mass is 314 g/mol. The zero-order chi connectivity index (χ0) is 12.4. The molecule has 1 atom stereocenters. The van der Waals surface area contributed by atoms with Crippen molar-refractivity contribution in [2.75, 3.05) is 7.11 Å². The molecule has 90 valence electrons. The second-order valence-corrected chi connectivity index (χ2v) is 5.93. The lowest BCUT2D eigenvalue weighted by molar-refractivity contribution is 0.409. The average molecular weight is 315 g/mol. The summed E-state index contributed by atoms with van der Waals surface area (Å²) in [4.78, 5) is 2.35. The molecule has 1 heterocycles. The fourth-order valence-corrected chi connectivity index (χ4v) is 3.31. The summed E-state index contributed by atoms with van der Waals surface area (Å²) in [7, 11) is 1.59. The molecule has 1 unspecified atom stereocenters. The molecule has 0 saturated heterocycles. The Morgan fingerprint density at radius 3 is 2.65 bits per heavy atom. The summed E-state index contributed by atoms with van der Waals surface area (Å²) < 4.78 is 18.5. The fourth-order valence-electron chi connectivity index (χ4n) is 1.65. The summed E-state index contributed by atoms with van der Waals surface area (Å²) in [6.07, 6.45) is 0. The quantitative estimate of drug-likeness (QED) is 0.747. The Kier molecular flexibility index (Phi) is 3.84.